The average molecular weight is 425 g/mol. The quantitative estimate of drug-likeness (QED) is 0.680. The molecule has 1 saturated heterocycles. The van der Waals surface area contributed by atoms with Gasteiger partial charge in [-0.1, -0.05) is 35.5 Å². The van der Waals surface area contributed by atoms with Gasteiger partial charge in [0.1, 0.15) is 5.75 Å². The number of nitrogens with zero attached hydrogens (tertiary/aromatic N) is 2. The molecule has 1 aliphatic heterocycles. The molecule has 0 spiro atoms. The summed E-state index contributed by atoms with van der Waals surface area (Å²) in [4.78, 5) is 18.8. The van der Waals surface area contributed by atoms with Gasteiger partial charge in [-0.3, -0.25) is 4.79 Å². The van der Waals surface area contributed by atoms with Crippen molar-refractivity contribution in [3.05, 3.63) is 64.2 Å². The smallest absolute Gasteiger partial charge is 0.283 e. The van der Waals surface area contributed by atoms with Crippen molar-refractivity contribution in [3.8, 4) is 5.75 Å². The first-order valence-corrected chi connectivity index (χ1v) is 9.73. The van der Waals surface area contributed by atoms with E-state index in [1.54, 1.807) is 17.0 Å². The Labute approximate surface area is 171 Å². The van der Waals surface area contributed by atoms with Gasteiger partial charge in [0.25, 0.3) is 5.91 Å². The molecule has 1 aliphatic rings. The fourth-order valence-electron chi connectivity index (χ4n) is 2.96. The number of thioether (sulfide) groups is 1. The van der Waals surface area contributed by atoms with Gasteiger partial charge in [-0.25, -0.2) is 8.78 Å². The molecular weight excluding hydrogens is 406 g/mol. The van der Waals surface area contributed by atoms with Crippen LogP contribution in [0.3, 0.4) is 0 Å². The minimum Gasteiger partial charge on any atom is -0.496 e. The van der Waals surface area contributed by atoms with E-state index >= 15 is 0 Å². The molecule has 1 heterocycles. The molecule has 0 bridgehead atoms. The SMILES string of the molecule is COc1ccc(Cl)cc1C(=O)N=C1SC(C)(C)CN1Cc1cccc(F)c1F. The molecule has 148 valence electrons. The minimum absolute atomic E-state index is 0.110. The van der Waals surface area contributed by atoms with Crippen LogP contribution in [0.5, 0.6) is 5.75 Å². The maximum Gasteiger partial charge on any atom is 0.283 e. The number of ether oxygens (including phenoxy) is 1. The van der Waals surface area contributed by atoms with Crippen LogP contribution in [0.2, 0.25) is 5.02 Å². The van der Waals surface area contributed by atoms with Crippen molar-refractivity contribution in [2.24, 2.45) is 4.99 Å². The predicted molar refractivity (Wildman–Crippen MR) is 108 cm³/mol. The highest BCUT2D eigenvalue weighted by molar-refractivity contribution is 8.15. The lowest BCUT2D eigenvalue weighted by molar-refractivity contribution is 0.0998. The van der Waals surface area contributed by atoms with Gasteiger partial charge in [0.05, 0.1) is 12.7 Å². The van der Waals surface area contributed by atoms with Crippen LogP contribution in [0.15, 0.2) is 41.4 Å². The normalized spacial score (nSPS) is 17.2. The third-order valence-corrected chi connectivity index (χ3v) is 5.64. The molecule has 0 unspecified atom stereocenters. The van der Waals surface area contributed by atoms with Crippen LogP contribution < -0.4 is 4.74 Å². The second-order valence-corrected chi connectivity index (χ2v) is 9.09. The van der Waals surface area contributed by atoms with Gasteiger partial charge in [0, 0.05) is 28.4 Å². The van der Waals surface area contributed by atoms with E-state index < -0.39 is 17.5 Å². The molecule has 0 saturated carbocycles. The molecule has 3 rings (SSSR count). The second-order valence-electron chi connectivity index (χ2n) is 6.97. The van der Waals surface area contributed by atoms with E-state index in [0.29, 0.717) is 22.5 Å². The average Bonchev–Trinajstić information content (AvgIpc) is 2.92. The van der Waals surface area contributed by atoms with Gasteiger partial charge in [0.15, 0.2) is 16.8 Å². The first-order valence-electron chi connectivity index (χ1n) is 8.53. The summed E-state index contributed by atoms with van der Waals surface area (Å²) in [5.41, 5.74) is 0.448. The van der Waals surface area contributed by atoms with Crippen molar-refractivity contribution < 1.29 is 18.3 Å². The Bertz CT molecular complexity index is 950. The lowest BCUT2D eigenvalue weighted by Crippen LogP contribution is -2.29. The van der Waals surface area contributed by atoms with Gasteiger partial charge in [-0.15, -0.1) is 0 Å². The zero-order valence-electron chi connectivity index (χ0n) is 15.6. The third-order valence-electron chi connectivity index (χ3n) is 4.19. The fourth-order valence-corrected chi connectivity index (χ4v) is 4.23. The summed E-state index contributed by atoms with van der Waals surface area (Å²) in [7, 11) is 1.46. The Morgan fingerprint density at radius 2 is 2.07 bits per heavy atom. The number of halogens is 3. The fraction of sp³-hybridized carbons (Fsp3) is 0.300. The molecule has 0 N–H and O–H groups in total. The number of amidine groups is 1. The number of carbonyl (C=O) groups is 1. The number of methoxy groups -OCH3 is 1. The Morgan fingerprint density at radius 3 is 2.79 bits per heavy atom. The molecule has 0 aliphatic carbocycles. The molecular formula is C20H19ClF2N2O2S. The van der Waals surface area contributed by atoms with Crippen LogP contribution in [-0.4, -0.2) is 34.4 Å². The van der Waals surface area contributed by atoms with E-state index in [1.165, 1.54) is 37.1 Å². The van der Waals surface area contributed by atoms with Crippen LogP contribution in [-0.2, 0) is 6.54 Å². The number of rotatable bonds is 4. The molecule has 8 heteroatoms. The van der Waals surface area contributed by atoms with E-state index in [4.69, 9.17) is 16.3 Å². The maximum absolute atomic E-state index is 14.1. The van der Waals surface area contributed by atoms with Gasteiger partial charge < -0.3 is 9.64 Å². The number of carbonyl (C=O) groups excluding carboxylic acids is 1. The zero-order chi connectivity index (χ0) is 20.5. The van der Waals surface area contributed by atoms with E-state index in [-0.39, 0.29) is 22.4 Å². The van der Waals surface area contributed by atoms with Crippen molar-refractivity contribution in [3.63, 3.8) is 0 Å². The number of hydrogen-bond donors (Lipinski definition) is 0. The van der Waals surface area contributed by atoms with Gasteiger partial charge in [-0.2, -0.15) is 4.99 Å². The summed E-state index contributed by atoms with van der Waals surface area (Å²) in [6.45, 7) is 4.64. The Morgan fingerprint density at radius 1 is 1.32 bits per heavy atom. The lowest BCUT2D eigenvalue weighted by atomic mass is 10.1. The topological polar surface area (TPSA) is 41.9 Å². The Hall–Kier alpha value is -2.12. The highest BCUT2D eigenvalue weighted by Crippen LogP contribution is 2.37. The van der Waals surface area contributed by atoms with Crippen LogP contribution >= 0.6 is 23.4 Å². The molecule has 2 aromatic rings. The summed E-state index contributed by atoms with van der Waals surface area (Å²) in [5.74, 6) is -1.94. The van der Waals surface area contributed by atoms with Crippen LogP contribution in [0.25, 0.3) is 0 Å². The van der Waals surface area contributed by atoms with Crippen LogP contribution in [0.1, 0.15) is 29.8 Å². The first-order chi connectivity index (χ1) is 13.2. The number of hydrogen-bond acceptors (Lipinski definition) is 3. The number of aliphatic imine (C=N–C) groups is 1. The van der Waals surface area contributed by atoms with Gasteiger partial charge in [0.2, 0.25) is 0 Å². The third kappa shape index (κ3) is 4.47. The molecule has 2 aromatic carbocycles. The zero-order valence-corrected chi connectivity index (χ0v) is 17.2. The Balaban J connectivity index is 1.93. The van der Waals surface area contributed by atoms with E-state index in [2.05, 4.69) is 4.99 Å². The highest BCUT2D eigenvalue weighted by atomic mass is 35.5. The first kappa shape index (κ1) is 20.6. The Kier molecular flexibility index (Phi) is 5.95. The second kappa shape index (κ2) is 8.09. The molecule has 0 atom stereocenters. The summed E-state index contributed by atoms with van der Waals surface area (Å²) >= 11 is 7.41. The predicted octanol–water partition coefficient (Wildman–Crippen LogP) is 5.15. The molecule has 0 aromatic heterocycles. The van der Waals surface area contributed by atoms with Crippen LogP contribution in [0.4, 0.5) is 8.78 Å². The summed E-state index contributed by atoms with van der Waals surface area (Å²) in [6, 6.07) is 8.77. The van der Waals surface area contributed by atoms with Crippen molar-refractivity contribution in [2.75, 3.05) is 13.7 Å². The lowest BCUT2D eigenvalue weighted by Gasteiger charge is -2.20. The van der Waals surface area contributed by atoms with Crippen molar-refractivity contribution in [1.29, 1.82) is 0 Å². The van der Waals surface area contributed by atoms with Gasteiger partial charge >= 0.3 is 0 Å². The number of benzene rings is 2. The molecule has 28 heavy (non-hydrogen) atoms. The molecule has 4 nitrogen and oxygen atoms in total. The van der Waals surface area contributed by atoms with Crippen molar-refractivity contribution >= 4 is 34.4 Å². The van der Waals surface area contributed by atoms with Crippen molar-refractivity contribution in [1.82, 2.24) is 4.90 Å². The maximum atomic E-state index is 14.1. The minimum atomic E-state index is -0.901. The standard InChI is InChI=1S/C20H19ClF2N2O2S/c1-20(2)11-25(10-12-5-4-6-15(22)17(12)23)19(28-20)24-18(26)14-9-13(21)7-8-16(14)27-3/h4-9H,10-11H2,1-3H3. The van der Waals surface area contributed by atoms with E-state index in [1.807, 2.05) is 13.8 Å². The van der Waals surface area contributed by atoms with E-state index in [9.17, 15) is 13.6 Å². The van der Waals surface area contributed by atoms with Crippen LogP contribution in [0, 0.1) is 11.6 Å². The van der Waals surface area contributed by atoms with E-state index in [0.717, 1.165) is 6.07 Å². The highest BCUT2D eigenvalue weighted by Gasteiger charge is 2.36. The van der Waals surface area contributed by atoms with Gasteiger partial charge in [-0.05, 0) is 38.1 Å². The summed E-state index contributed by atoms with van der Waals surface area (Å²) in [6.07, 6.45) is 0. The monoisotopic (exact) mass is 424 g/mol. The summed E-state index contributed by atoms with van der Waals surface area (Å²) in [5, 5.41) is 0.836. The molecule has 1 amide bonds. The largest absolute Gasteiger partial charge is 0.496 e. The molecule has 0 radical (unpaired) electrons. The molecule has 1 fully saturated rings. The summed E-state index contributed by atoms with van der Waals surface area (Å²) < 4.78 is 32.6. The van der Waals surface area contributed by atoms with Crippen molar-refractivity contribution in [2.45, 2.75) is 25.1 Å². The number of amides is 1.